The number of aryl methyl sites for hydroxylation is 2. The highest BCUT2D eigenvalue weighted by Gasteiger charge is 2.29. The van der Waals surface area contributed by atoms with E-state index < -0.39 is 22.0 Å². The predicted octanol–water partition coefficient (Wildman–Crippen LogP) is 1.73. The highest BCUT2D eigenvalue weighted by Crippen LogP contribution is 2.34. The maximum atomic E-state index is 12.6. The molecule has 1 atom stereocenters. The third-order valence-corrected chi connectivity index (χ3v) is 6.56. The molecule has 1 fully saturated rings. The molecule has 10 nitrogen and oxygen atoms in total. The minimum Gasteiger partial charge on any atom is -0.495 e. The summed E-state index contributed by atoms with van der Waals surface area (Å²) >= 11 is 0. The van der Waals surface area contributed by atoms with Crippen molar-refractivity contribution in [2.75, 3.05) is 23.9 Å². The van der Waals surface area contributed by atoms with Gasteiger partial charge in [-0.3, -0.25) is 9.59 Å². The van der Waals surface area contributed by atoms with Crippen LogP contribution in [0.25, 0.3) is 0 Å². The number of amides is 2. The van der Waals surface area contributed by atoms with E-state index >= 15 is 0 Å². The molecule has 1 aliphatic heterocycles. The van der Waals surface area contributed by atoms with Crippen LogP contribution >= 0.6 is 0 Å². The molecule has 0 aliphatic carbocycles. The van der Waals surface area contributed by atoms with Gasteiger partial charge in [-0.15, -0.1) is 0 Å². The number of carbonyl (C=O) groups is 2. The number of anilines is 2. The van der Waals surface area contributed by atoms with Crippen LogP contribution in [-0.4, -0.2) is 45.1 Å². The van der Waals surface area contributed by atoms with E-state index in [9.17, 15) is 18.0 Å². The summed E-state index contributed by atoms with van der Waals surface area (Å²) in [7, 11) is -2.49. The minimum atomic E-state index is -3.99. The van der Waals surface area contributed by atoms with Crippen LogP contribution in [0.4, 0.5) is 11.4 Å². The first kappa shape index (κ1) is 21.8. The molecule has 2 heterocycles. The number of aromatic nitrogens is 1. The quantitative estimate of drug-likeness (QED) is 0.676. The number of ether oxygens (including phenoxy) is 1. The first-order chi connectivity index (χ1) is 14.1. The Hall–Kier alpha value is -2.92. The Morgan fingerprint density at radius 2 is 2.07 bits per heavy atom. The highest BCUT2D eigenvalue weighted by molar-refractivity contribution is 7.89. The number of hydrogen-bond acceptors (Lipinski definition) is 7. The lowest BCUT2D eigenvalue weighted by Gasteiger charge is -2.20. The van der Waals surface area contributed by atoms with Crippen molar-refractivity contribution in [1.82, 2.24) is 9.88 Å². The Morgan fingerprint density at radius 3 is 2.63 bits per heavy atom. The summed E-state index contributed by atoms with van der Waals surface area (Å²) in [5.74, 6) is 0.0738. The fraction of sp³-hybridized carbons (Fsp3) is 0.421. The summed E-state index contributed by atoms with van der Waals surface area (Å²) < 4.78 is 37.8. The normalized spacial score (nSPS) is 15.3. The lowest BCUT2D eigenvalue weighted by atomic mass is 10.2. The van der Waals surface area contributed by atoms with Crippen LogP contribution in [0.15, 0.2) is 27.6 Å². The summed E-state index contributed by atoms with van der Waals surface area (Å²) in [4.78, 5) is 26.2. The van der Waals surface area contributed by atoms with Gasteiger partial charge < -0.3 is 19.5 Å². The number of nitrogens with zero attached hydrogens (tertiary/aromatic N) is 2. The van der Waals surface area contributed by atoms with Crippen LogP contribution in [0.5, 0.6) is 5.75 Å². The molecule has 0 bridgehead atoms. The molecular formula is C19H24N4O6S. The zero-order valence-electron chi connectivity index (χ0n) is 17.2. The largest absolute Gasteiger partial charge is 0.495 e. The molecule has 1 aromatic carbocycles. The van der Waals surface area contributed by atoms with E-state index in [-0.39, 0.29) is 22.3 Å². The molecule has 11 heteroatoms. The molecule has 3 rings (SSSR count). The van der Waals surface area contributed by atoms with Gasteiger partial charge in [-0.2, -0.15) is 4.72 Å². The van der Waals surface area contributed by atoms with Crippen molar-refractivity contribution in [2.24, 2.45) is 0 Å². The average Bonchev–Trinajstić information content (AvgIpc) is 3.26. The molecule has 2 N–H and O–H groups in total. The molecule has 0 unspecified atom stereocenters. The van der Waals surface area contributed by atoms with Crippen molar-refractivity contribution in [3.8, 4) is 5.75 Å². The smallest absolute Gasteiger partial charge is 0.246 e. The molecule has 0 spiro atoms. The van der Waals surface area contributed by atoms with Crippen molar-refractivity contribution < 1.29 is 27.3 Å². The summed E-state index contributed by atoms with van der Waals surface area (Å²) in [6.07, 6.45) is 1.21. The second-order valence-corrected chi connectivity index (χ2v) is 8.67. The van der Waals surface area contributed by atoms with Crippen LogP contribution in [0, 0.1) is 13.8 Å². The molecule has 0 radical (unpaired) electrons. The molecular weight excluding hydrogens is 412 g/mol. The first-order valence-corrected chi connectivity index (χ1v) is 10.9. The Kier molecular flexibility index (Phi) is 6.13. The number of rotatable bonds is 7. The van der Waals surface area contributed by atoms with E-state index in [1.807, 2.05) is 0 Å². The maximum absolute atomic E-state index is 12.6. The van der Waals surface area contributed by atoms with Crippen molar-refractivity contribution in [1.29, 1.82) is 0 Å². The monoisotopic (exact) mass is 436 g/mol. The van der Waals surface area contributed by atoms with Crippen molar-refractivity contribution in [3.05, 3.63) is 29.7 Å². The number of nitrogens with one attached hydrogen (secondary N) is 2. The van der Waals surface area contributed by atoms with Crippen LogP contribution in [0.1, 0.15) is 31.2 Å². The van der Waals surface area contributed by atoms with E-state index in [4.69, 9.17) is 9.26 Å². The lowest BCUT2D eigenvalue weighted by molar-refractivity contribution is -0.117. The Morgan fingerprint density at radius 1 is 1.33 bits per heavy atom. The van der Waals surface area contributed by atoms with E-state index in [2.05, 4.69) is 15.2 Å². The zero-order chi connectivity index (χ0) is 22.1. The molecule has 1 aliphatic rings. The average molecular weight is 436 g/mol. The van der Waals surface area contributed by atoms with E-state index in [1.165, 1.54) is 27.9 Å². The van der Waals surface area contributed by atoms with E-state index in [0.29, 0.717) is 30.1 Å². The number of sulfonamides is 1. The van der Waals surface area contributed by atoms with Crippen molar-refractivity contribution >= 4 is 33.2 Å². The van der Waals surface area contributed by atoms with Crippen molar-refractivity contribution in [2.45, 2.75) is 44.6 Å². The van der Waals surface area contributed by atoms with Gasteiger partial charge in [-0.05, 0) is 45.4 Å². The van der Waals surface area contributed by atoms with Gasteiger partial charge in [0.05, 0.1) is 18.8 Å². The number of carbonyl (C=O) groups excluding carboxylic acids is 2. The van der Waals surface area contributed by atoms with Gasteiger partial charge in [0.1, 0.15) is 16.3 Å². The fourth-order valence-electron chi connectivity index (χ4n) is 3.34. The standard InChI is InChI=1S/C19H24N4O6S/c1-11-18(13(3)29-21-11)30(26,27)22-12(2)19(25)20-14-7-8-16(28-4)15(10-14)23-9-5-6-17(23)24/h7-8,10,12,22H,5-6,9H2,1-4H3,(H,20,25)/t12-/m0/s1. The topological polar surface area (TPSA) is 131 Å². The van der Waals surface area contributed by atoms with Gasteiger partial charge in [0, 0.05) is 18.7 Å². The van der Waals surface area contributed by atoms with Crippen LogP contribution < -0.4 is 19.7 Å². The lowest BCUT2D eigenvalue weighted by Crippen LogP contribution is -2.41. The number of methoxy groups -OCH3 is 1. The summed E-state index contributed by atoms with van der Waals surface area (Å²) in [5.41, 5.74) is 1.18. The summed E-state index contributed by atoms with van der Waals surface area (Å²) in [6.45, 7) is 4.99. The molecule has 0 saturated carbocycles. The molecule has 2 aromatic rings. The molecule has 30 heavy (non-hydrogen) atoms. The maximum Gasteiger partial charge on any atom is 0.246 e. The Labute approximate surface area is 174 Å². The molecule has 2 amide bonds. The summed E-state index contributed by atoms with van der Waals surface area (Å²) in [6, 6.07) is 3.84. The minimum absolute atomic E-state index is 0.0163. The molecule has 162 valence electrons. The van der Waals surface area contributed by atoms with Gasteiger partial charge in [-0.1, -0.05) is 5.16 Å². The highest BCUT2D eigenvalue weighted by atomic mass is 32.2. The van der Waals surface area contributed by atoms with Gasteiger partial charge >= 0.3 is 0 Å². The predicted molar refractivity (Wildman–Crippen MR) is 109 cm³/mol. The molecule has 1 aromatic heterocycles. The van der Waals surface area contributed by atoms with Gasteiger partial charge in [0.15, 0.2) is 5.76 Å². The van der Waals surface area contributed by atoms with Gasteiger partial charge in [0.2, 0.25) is 21.8 Å². The number of benzene rings is 1. The third kappa shape index (κ3) is 4.31. The number of hydrogen-bond donors (Lipinski definition) is 2. The summed E-state index contributed by atoms with van der Waals surface area (Å²) in [5, 5.41) is 6.30. The Bertz CT molecular complexity index is 1060. The van der Waals surface area contributed by atoms with Gasteiger partial charge in [-0.25, -0.2) is 8.42 Å². The molecule has 1 saturated heterocycles. The van der Waals surface area contributed by atoms with E-state index in [0.717, 1.165) is 6.42 Å². The second kappa shape index (κ2) is 8.44. The van der Waals surface area contributed by atoms with Crippen LogP contribution in [-0.2, 0) is 19.6 Å². The third-order valence-electron chi connectivity index (χ3n) is 4.77. The van der Waals surface area contributed by atoms with Gasteiger partial charge in [0.25, 0.3) is 0 Å². The Balaban J connectivity index is 1.76. The zero-order valence-corrected chi connectivity index (χ0v) is 18.0. The van der Waals surface area contributed by atoms with Crippen LogP contribution in [0.3, 0.4) is 0 Å². The van der Waals surface area contributed by atoms with Crippen LogP contribution in [0.2, 0.25) is 0 Å². The fourth-order valence-corrected chi connectivity index (χ4v) is 4.87. The van der Waals surface area contributed by atoms with Crippen molar-refractivity contribution in [3.63, 3.8) is 0 Å². The van der Waals surface area contributed by atoms with E-state index in [1.54, 1.807) is 23.1 Å². The SMILES string of the molecule is COc1ccc(NC(=O)[C@H](C)NS(=O)(=O)c2c(C)noc2C)cc1N1CCCC1=O. The second-order valence-electron chi connectivity index (χ2n) is 7.02. The first-order valence-electron chi connectivity index (χ1n) is 9.38.